The summed E-state index contributed by atoms with van der Waals surface area (Å²) in [7, 11) is -3.90. The van der Waals surface area contributed by atoms with Crippen molar-refractivity contribution in [2.75, 3.05) is 6.26 Å². The van der Waals surface area contributed by atoms with E-state index >= 15 is 0 Å². The molecule has 0 aromatic heterocycles. The molecule has 8 nitrogen and oxygen atoms in total. The van der Waals surface area contributed by atoms with Crippen molar-refractivity contribution in [2.45, 2.75) is 46.8 Å². The molecule has 0 bridgehead atoms. The Hall–Kier alpha value is -3.53. The molecule has 0 fully saturated rings. The van der Waals surface area contributed by atoms with Gasteiger partial charge in [0.25, 0.3) is 10.1 Å². The second kappa shape index (κ2) is 11.5. The van der Waals surface area contributed by atoms with Crippen LogP contribution in [0.4, 0.5) is 0 Å². The van der Waals surface area contributed by atoms with E-state index in [1.54, 1.807) is 36.4 Å². The van der Waals surface area contributed by atoms with E-state index in [2.05, 4.69) is 0 Å². The lowest BCUT2D eigenvalue weighted by atomic mass is 9.82. The van der Waals surface area contributed by atoms with Gasteiger partial charge < -0.3 is 15.2 Å². The summed E-state index contributed by atoms with van der Waals surface area (Å²) in [6.07, 6.45) is -0.158. The van der Waals surface area contributed by atoms with Crippen LogP contribution in [0, 0.1) is 19.3 Å². The van der Waals surface area contributed by atoms with E-state index in [1.165, 1.54) is 18.2 Å². The quantitative estimate of drug-likeness (QED) is 0.237. The third kappa shape index (κ3) is 7.74. The van der Waals surface area contributed by atoms with Gasteiger partial charge in [-0.15, -0.1) is 0 Å². The first-order chi connectivity index (χ1) is 17.6. The molecule has 2 atom stereocenters. The Labute approximate surface area is 223 Å². The molecule has 9 heteroatoms. The van der Waals surface area contributed by atoms with Gasteiger partial charge in [0, 0.05) is 6.04 Å². The normalized spacial score (nSPS) is 13.4. The van der Waals surface area contributed by atoms with Crippen LogP contribution in [-0.2, 0) is 14.3 Å². The molecule has 2 N–H and O–H groups in total. The molecule has 0 aliphatic carbocycles. The average molecular weight is 540 g/mol. The molecule has 0 saturated carbocycles. The van der Waals surface area contributed by atoms with E-state index in [0.29, 0.717) is 16.7 Å². The number of ether oxygens (including phenoxy) is 2. The number of hydrogen-bond acceptors (Lipinski definition) is 8. The summed E-state index contributed by atoms with van der Waals surface area (Å²) >= 11 is 0. The number of benzene rings is 3. The summed E-state index contributed by atoms with van der Waals surface area (Å²) in [5.41, 5.74) is 8.56. The molecule has 2 unspecified atom stereocenters. The number of carbonyl (C=O) groups is 2. The van der Waals surface area contributed by atoms with Crippen molar-refractivity contribution < 1.29 is 31.7 Å². The van der Waals surface area contributed by atoms with Crippen LogP contribution in [-0.4, -0.2) is 32.7 Å². The van der Waals surface area contributed by atoms with Gasteiger partial charge >= 0.3 is 11.9 Å². The van der Waals surface area contributed by atoms with Crippen molar-refractivity contribution in [1.29, 1.82) is 0 Å². The van der Waals surface area contributed by atoms with Crippen LogP contribution in [0.25, 0.3) is 0 Å². The van der Waals surface area contributed by atoms with Crippen LogP contribution in [0.2, 0.25) is 0 Å². The van der Waals surface area contributed by atoms with Crippen LogP contribution in [0.3, 0.4) is 0 Å². The molecule has 0 radical (unpaired) electrons. The first kappa shape index (κ1) is 29.0. The predicted octanol–water partition coefficient (Wildman–Crippen LogP) is 5.13. The SMILES string of the molecule is Cc1cccc(C(=O)Oc2ccc(C(OS(C)(=O)=O)C(N)C(C)(C)C)cc2OC(=O)c2cccc(C)c2)c1. The minimum Gasteiger partial charge on any atom is -0.419 e. The highest BCUT2D eigenvalue weighted by atomic mass is 32.2. The highest BCUT2D eigenvalue weighted by Crippen LogP contribution is 2.37. The van der Waals surface area contributed by atoms with Crippen molar-refractivity contribution in [3.8, 4) is 11.5 Å². The Morgan fingerprint density at radius 1 is 0.789 bits per heavy atom. The maximum absolute atomic E-state index is 13.0. The molecule has 0 heterocycles. The zero-order valence-electron chi connectivity index (χ0n) is 22.3. The highest BCUT2D eigenvalue weighted by Gasteiger charge is 2.34. The Balaban J connectivity index is 2.07. The Bertz CT molecular complexity index is 1440. The lowest BCUT2D eigenvalue weighted by Gasteiger charge is -2.33. The molecule has 0 saturated heterocycles. The number of rotatable bonds is 8. The van der Waals surface area contributed by atoms with Crippen molar-refractivity contribution >= 4 is 22.1 Å². The van der Waals surface area contributed by atoms with Gasteiger partial charge in [-0.3, -0.25) is 4.18 Å². The summed E-state index contributed by atoms with van der Waals surface area (Å²) in [5, 5.41) is 0. The molecule has 0 aliphatic rings. The van der Waals surface area contributed by atoms with Crippen molar-refractivity contribution in [3.05, 3.63) is 94.5 Å². The number of aryl methyl sites for hydroxylation is 2. The van der Waals surface area contributed by atoms with Crippen molar-refractivity contribution in [3.63, 3.8) is 0 Å². The Morgan fingerprint density at radius 2 is 1.29 bits per heavy atom. The first-order valence-electron chi connectivity index (χ1n) is 12.0. The summed E-state index contributed by atoms with van der Waals surface area (Å²) in [5.74, 6) is -1.44. The van der Waals surface area contributed by atoms with E-state index in [9.17, 15) is 18.0 Å². The van der Waals surface area contributed by atoms with Gasteiger partial charge in [0.1, 0.15) is 6.10 Å². The first-order valence-corrected chi connectivity index (χ1v) is 13.8. The van der Waals surface area contributed by atoms with Crippen LogP contribution < -0.4 is 15.2 Å². The number of esters is 2. The third-order valence-corrected chi connectivity index (χ3v) is 6.37. The number of carbonyl (C=O) groups excluding carboxylic acids is 2. The monoisotopic (exact) mass is 539 g/mol. The van der Waals surface area contributed by atoms with Crippen LogP contribution >= 0.6 is 0 Å². The summed E-state index contributed by atoms with van der Waals surface area (Å²) in [6.45, 7) is 9.25. The van der Waals surface area contributed by atoms with Gasteiger partial charge in [0.05, 0.1) is 17.4 Å². The topological polar surface area (TPSA) is 122 Å². The fraction of sp³-hybridized carbons (Fsp3) is 0.310. The molecular weight excluding hydrogens is 506 g/mol. The van der Waals surface area contributed by atoms with Gasteiger partial charge in [-0.05, 0) is 61.2 Å². The van der Waals surface area contributed by atoms with Gasteiger partial charge in [0.2, 0.25) is 0 Å². The lowest BCUT2D eigenvalue weighted by molar-refractivity contribution is 0.0681. The Morgan fingerprint density at radius 3 is 1.74 bits per heavy atom. The minimum absolute atomic E-state index is 0.0244. The van der Waals surface area contributed by atoms with Crippen LogP contribution in [0.1, 0.15) is 64.3 Å². The van der Waals surface area contributed by atoms with Crippen molar-refractivity contribution in [2.24, 2.45) is 11.1 Å². The maximum atomic E-state index is 13.0. The molecule has 202 valence electrons. The zero-order chi connectivity index (χ0) is 28.3. The smallest absolute Gasteiger partial charge is 0.343 e. The van der Waals surface area contributed by atoms with Gasteiger partial charge in [-0.2, -0.15) is 8.42 Å². The number of nitrogens with two attached hydrogens (primary N) is 1. The van der Waals surface area contributed by atoms with E-state index < -0.39 is 39.6 Å². The highest BCUT2D eigenvalue weighted by molar-refractivity contribution is 7.86. The van der Waals surface area contributed by atoms with Crippen LogP contribution in [0.15, 0.2) is 66.7 Å². The zero-order valence-corrected chi connectivity index (χ0v) is 23.2. The second-order valence-electron chi connectivity index (χ2n) is 10.3. The molecule has 0 spiro atoms. The van der Waals surface area contributed by atoms with E-state index in [-0.39, 0.29) is 11.5 Å². The summed E-state index contributed by atoms with van der Waals surface area (Å²) < 4.78 is 40.8. The Kier molecular flexibility index (Phi) is 8.76. The molecule has 0 amide bonds. The number of hydrogen-bond donors (Lipinski definition) is 1. The van der Waals surface area contributed by atoms with Gasteiger partial charge in [0.15, 0.2) is 11.5 Å². The minimum atomic E-state index is -3.90. The third-order valence-electron chi connectivity index (χ3n) is 5.81. The van der Waals surface area contributed by atoms with E-state index in [4.69, 9.17) is 19.4 Å². The summed E-state index contributed by atoms with van der Waals surface area (Å²) in [4.78, 5) is 25.9. The fourth-order valence-corrected chi connectivity index (χ4v) is 4.30. The summed E-state index contributed by atoms with van der Waals surface area (Å²) in [6, 6.07) is 17.3. The van der Waals surface area contributed by atoms with Crippen molar-refractivity contribution in [1.82, 2.24) is 0 Å². The van der Waals surface area contributed by atoms with Crippen LogP contribution in [0.5, 0.6) is 11.5 Å². The maximum Gasteiger partial charge on any atom is 0.343 e. The molecule has 3 rings (SSSR count). The molecule has 3 aromatic rings. The fourth-order valence-electron chi connectivity index (χ4n) is 3.69. The molecule has 0 aliphatic heterocycles. The van der Waals surface area contributed by atoms with E-state index in [1.807, 2.05) is 46.8 Å². The van der Waals surface area contributed by atoms with Gasteiger partial charge in [-0.1, -0.05) is 62.2 Å². The molecule has 3 aromatic carbocycles. The predicted molar refractivity (Wildman–Crippen MR) is 145 cm³/mol. The van der Waals surface area contributed by atoms with Gasteiger partial charge in [-0.25, -0.2) is 9.59 Å². The largest absolute Gasteiger partial charge is 0.419 e. The average Bonchev–Trinajstić information content (AvgIpc) is 2.82. The standard InChI is InChI=1S/C29H33NO7S/c1-18-9-7-11-21(15-18)27(31)35-23-14-13-20(25(37-38(6,33)34)26(30)29(3,4)5)17-24(23)36-28(32)22-12-8-10-19(2)16-22/h7-17,25-26H,30H2,1-6H3. The second-order valence-corrected chi connectivity index (χ2v) is 11.9. The van der Waals surface area contributed by atoms with E-state index in [0.717, 1.165) is 17.4 Å². The lowest BCUT2D eigenvalue weighted by Crippen LogP contribution is -2.42. The molecular formula is C29H33NO7S. The molecule has 38 heavy (non-hydrogen) atoms.